The van der Waals surface area contributed by atoms with Gasteiger partial charge < -0.3 is 5.11 Å². The van der Waals surface area contributed by atoms with E-state index in [1.165, 1.54) is 36.0 Å². The molecule has 2 aliphatic rings. The molecule has 3 rings (SSSR count). The van der Waals surface area contributed by atoms with Crippen LogP contribution in [0.5, 0.6) is 5.75 Å². The minimum atomic E-state index is 0.344. The van der Waals surface area contributed by atoms with Crippen molar-refractivity contribution in [2.45, 2.75) is 59.8 Å². The number of benzene rings is 1. The van der Waals surface area contributed by atoms with Gasteiger partial charge in [0.1, 0.15) is 5.75 Å². The monoisotopic (exact) mass is 258 g/mol. The number of phenolic OH excluding ortho intramolecular Hbond substituents is 1. The summed E-state index contributed by atoms with van der Waals surface area (Å²) in [6.45, 7) is 11.5. The first-order chi connectivity index (χ1) is 8.77. The average molecular weight is 258 g/mol. The van der Waals surface area contributed by atoms with Crippen molar-refractivity contribution in [3.8, 4) is 5.75 Å². The van der Waals surface area contributed by atoms with Crippen LogP contribution in [0.1, 0.15) is 62.6 Å². The van der Waals surface area contributed by atoms with Gasteiger partial charge in [-0.25, -0.2) is 0 Å². The molecule has 2 bridgehead atoms. The Bertz CT molecular complexity index is 529. The molecule has 2 fully saturated rings. The normalized spacial score (nSPS) is 35.8. The lowest BCUT2D eigenvalue weighted by atomic mass is 9.65. The van der Waals surface area contributed by atoms with E-state index in [9.17, 15) is 5.11 Å². The Morgan fingerprint density at radius 2 is 1.74 bits per heavy atom. The molecular weight excluding hydrogens is 232 g/mol. The van der Waals surface area contributed by atoms with Gasteiger partial charge in [-0.15, -0.1) is 0 Å². The molecule has 1 aromatic carbocycles. The van der Waals surface area contributed by atoms with Crippen molar-refractivity contribution in [1.82, 2.24) is 0 Å². The molecular formula is C18H26O. The predicted octanol–water partition coefficient (Wildman–Crippen LogP) is 4.94. The number of hydrogen-bond donors (Lipinski definition) is 1. The first-order valence-corrected chi connectivity index (χ1v) is 7.57. The van der Waals surface area contributed by atoms with E-state index in [-0.39, 0.29) is 0 Å². The first kappa shape index (κ1) is 13.0. The summed E-state index contributed by atoms with van der Waals surface area (Å²) in [5.41, 5.74) is 4.44. The van der Waals surface area contributed by atoms with Gasteiger partial charge in [0.15, 0.2) is 0 Å². The third kappa shape index (κ3) is 1.53. The number of hydrogen-bond acceptors (Lipinski definition) is 1. The summed E-state index contributed by atoms with van der Waals surface area (Å²) < 4.78 is 0. The number of rotatable bonds is 1. The van der Waals surface area contributed by atoms with Crippen molar-refractivity contribution in [1.29, 1.82) is 0 Å². The summed E-state index contributed by atoms with van der Waals surface area (Å²) >= 11 is 0. The topological polar surface area (TPSA) is 20.2 Å². The minimum absolute atomic E-state index is 0.344. The third-order valence-corrected chi connectivity index (χ3v) is 6.81. The van der Waals surface area contributed by atoms with E-state index in [1.807, 2.05) is 6.07 Å². The fourth-order valence-corrected chi connectivity index (χ4v) is 4.78. The Hall–Kier alpha value is -0.980. The van der Waals surface area contributed by atoms with Gasteiger partial charge in [-0.2, -0.15) is 0 Å². The van der Waals surface area contributed by atoms with Crippen LogP contribution < -0.4 is 0 Å². The largest absolute Gasteiger partial charge is 0.508 e. The molecule has 104 valence electrons. The van der Waals surface area contributed by atoms with Gasteiger partial charge >= 0.3 is 0 Å². The zero-order valence-corrected chi connectivity index (χ0v) is 12.9. The highest BCUT2D eigenvalue weighted by Crippen LogP contribution is 2.71. The van der Waals surface area contributed by atoms with Gasteiger partial charge in [0.2, 0.25) is 0 Å². The summed E-state index contributed by atoms with van der Waals surface area (Å²) in [5, 5.41) is 10.4. The quantitative estimate of drug-likeness (QED) is 0.756. The van der Waals surface area contributed by atoms with Gasteiger partial charge in [-0.1, -0.05) is 26.8 Å². The Balaban J connectivity index is 2.08. The van der Waals surface area contributed by atoms with Crippen molar-refractivity contribution in [2.24, 2.45) is 16.7 Å². The molecule has 19 heavy (non-hydrogen) atoms. The lowest BCUT2D eigenvalue weighted by molar-refractivity contribution is 0.133. The molecule has 0 unspecified atom stereocenters. The molecule has 0 amide bonds. The van der Waals surface area contributed by atoms with Crippen LogP contribution in [0, 0.1) is 30.6 Å². The summed E-state index contributed by atoms with van der Waals surface area (Å²) in [6, 6.07) is 4.18. The molecule has 2 aliphatic carbocycles. The molecule has 0 aliphatic heterocycles. The van der Waals surface area contributed by atoms with Gasteiger partial charge in [0.05, 0.1) is 0 Å². The van der Waals surface area contributed by atoms with Crippen LogP contribution in [0.3, 0.4) is 0 Å². The molecule has 2 saturated carbocycles. The van der Waals surface area contributed by atoms with Crippen LogP contribution in [-0.2, 0) is 0 Å². The highest BCUT2D eigenvalue weighted by Gasteiger charge is 2.61. The predicted molar refractivity (Wildman–Crippen MR) is 79.6 cm³/mol. The van der Waals surface area contributed by atoms with E-state index in [0.717, 1.165) is 5.92 Å². The lowest BCUT2D eigenvalue weighted by Gasteiger charge is -2.40. The van der Waals surface area contributed by atoms with Gasteiger partial charge in [-0.3, -0.25) is 0 Å². The van der Waals surface area contributed by atoms with Crippen molar-refractivity contribution >= 4 is 0 Å². The molecule has 0 saturated heterocycles. The second kappa shape index (κ2) is 3.77. The summed E-state index contributed by atoms with van der Waals surface area (Å²) in [5.74, 6) is 1.86. The molecule has 0 heterocycles. The number of aromatic hydroxyl groups is 1. The van der Waals surface area contributed by atoms with E-state index in [2.05, 4.69) is 40.7 Å². The van der Waals surface area contributed by atoms with Crippen molar-refractivity contribution in [2.75, 3.05) is 0 Å². The smallest absolute Gasteiger partial charge is 0.119 e. The van der Waals surface area contributed by atoms with Gasteiger partial charge in [0, 0.05) is 0 Å². The first-order valence-electron chi connectivity index (χ1n) is 7.57. The molecule has 1 aromatic rings. The summed E-state index contributed by atoms with van der Waals surface area (Å²) in [6.07, 6.45) is 3.92. The van der Waals surface area contributed by atoms with Gasteiger partial charge in [0.25, 0.3) is 0 Å². The van der Waals surface area contributed by atoms with Crippen molar-refractivity contribution in [3.63, 3.8) is 0 Å². The zero-order chi connectivity index (χ0) is 14.0. The molecule has 3 atom stereocenters. The SMILES string of the molecule is Cc1cc(O)c([C@H]2C[C@@H]3CC[C@]2(C)C3(C)C)cc1C. The standard InChI is InChI=1S/C18H26O/c1-11-8-14(16(19)9-12(11)2)15-10-13-6-7-18(15,5)17(13,3)4/h8-9,13,15,19H,6-7,10H2,1-5H3/t13-,15+,18-/m0/s1. The molecule has 0 aromatic heterocycles. The van der Waals surface area contributed by atoms with Crippen LogP contribution >= 0.6 is 0 Å². The molecule has 1 heteroatoms. The van der Waals surface area contributed by atoms with Crippen LogP contribution in [0.25, 0.3) is 0 Å². The molecule has 0 spiro atoms. The maximum absolute atomic E-state index is 10.4. The summed E-state index contributed by atoms with van der Waals surface area (Å²) in [4.78, 5) is 0. The number of phenols is 1. The maximum atomic E-state index is 10.4. The van der Waals surface area contributed by atoms with E-state index in [0.29, 0.717) is 22.5 Å². The molecule has 1 nitrogen and oxygen atoms in total. The number of aryl methyl sites for hydroxylation is 2. The highest BCUT2D eigenvalue weighted by molar-refractivity contribution is 5.45. The Kier molecular flexibility index (Phi) is 2.59. The Morgan fingerprint density at radius 3 is 2.26 bits per heavy atom. The minimum Gasteiger partial charge on any atom is -0.508 e. The fourth-order valence-electron chi connectivity index (χ4n) is 4.78. The van der Waals surface area contributed by atoms with Crippen LogP contribution in [0.4, 0.5) is 0 Å². The second-order valence-electron chi connectivity index (χ2n) is 7.66. The van der Waals surface area contributed by atoms with E-state index >= 15 is 0 Å². The number of fused-ring (bicyclic) bond motifs is 2. The lowest BCUT2D eigenvalue weighted by Crippen LogP contribution is -2.31. The maximum Gasteiger partial charge on any atom is 0.119 e. The van der Waals surface area contributed by atoms with Crippen molar-refractivity contribution < 1.29 is 5.11 Å². The van der Waals surface area contributed by atoms with E-state index in [4.69, 9.17) is 0 Å². The van der Waals surface area contributed by atoms with Gasteiger partial charge in [-0.05, 0) is 78.5 Å². The molecule has 1 N–H and O–H groups in total. The third-order valence-electron chi connectivity index (χ3n) is 6.81. The summed E-state index contributed by atoms with van der Waals surface area (Å²) in [7, 11) is 0. The Labute approximate surface area is 117 Å². The molecule has 0 radical (unpaired) electrons. The van der Waals surface area contributed by atoms with Crippen molar-refractivity contribution in [3.05, 3.63) is 28.8 Å². The fraction of sp³-hybridized carbons (Fsp3) is 0.667. The van der Waals surface area contributed by atoms with E-state index < -0.39 is 0 Å². The Morgan fingerprint density at radius 1 is 1.11 bits per heavy atom. The van der Waals surface area contributed by atoms with Crippen LogP contribution in [0.15, 0.2) is 12.1 Å². The van der Waals surface area contributed by atoms with E-state index in [1.54, 1.807) is 0 Å². The second-order valence-corrected chi connectivity index (χ2v) is 7.66. The average Bonchev–Trinajstić information content (AvgIpc) is 2.66. The van der Waals surface area contributed by atoms with Crippen LogP contribution in [-0.4, -0.2) is 5.11 Å². The zero-order valence-electron chi connectivity index (χ0n) is 12.9. The highest BCUT2D eigenvalue weighted by atomic mass is 16.3. The van der Waals surface area contributed by atoms with Crippen LogP contribution in [0.2, 0.25) is 0 Å².